The first kappa shape index (κ1) is 17.3. The molecule has 1 unspecified atom stereocenters. The quantitative estimate of drug-likeness (QED) is 0.675. The van der Waals surface area contributed by atoms with Crippen LogP contribution in [0.4, 0.5) is 4.79 Å². The Morgan fingerprint density at radius 3 is 2.70 bits per heavy atom. The fraction of sp³-hybridized carbons (Fsp3) is 0.500. The Kier molecular flexibility index (Phi) is 6.47. The number of ether oxygens (including phenoxy) is 1. The number of carbonyl (C=O) groups is 1. The van der Waals surface area contributed by atoms with Gasteiger partial charge in [0.1, 0.15) is 5.75 Å². The molecule has 0 heterocycles. The van der Waals surface area contributed by atoms with Gasteiger partial charge < -0.3 is 20.5 Å². The van der Waals surface area contributed by atoms with E-state index in [-0.39, 0.29) is 30.6 Å². The molecule has 0 saturated carbocycles. The molecule has 0 radical (unpaired) electrons. The largest absolute Gasteiger partial charge is 0.497 e. The molecule has 0 aliphatic heterocycles. The number of benzene rings is 1. The summed E-state index contributed by atoms with van der Waals surface area (Å²) in [5, 5.41) is 15.0. The van der Waals surface area contributed by atoms with Gasteiger partial charge in [-0.2, -0.15) is 0 Å². The lowest BCUT2D eigenvalue weighted by molar-refractivity contribution is 0.228. The van der Waals surface area contributed by atoms with Crippen molar-refractivity contribution in [1.29, 1.82) is 0 Å². The first-order valence-electron chi connectivity index (χ1n) is 8.10. The molecule has 0 aromatic heterocycles. The number of methoxy groups -OCH3 is 1. The van der Waals surface area contributed by atoms with Crippen LogP contribution >= 0.6 is 0 Å². The summed E-state index contributed by atoms with van der Waals surface area (Å²) in [4.78, 5) is 12.0. The van der Waals surface area contributed by atoms with Crippen LogP contribution in [0, 0.1) is 5.92 Å². The molecule has 5 nitrogen and oxygen atoms in total. The molecule has 0 saturated heterocycles. The number of aliphatic hydroxyl groups excluding tert-OH is 1. The number of urea groups is 1. The molecule has 126 valence electrons. The second-order valence-electron chi connectivity index (χ2n) is 6.08. The van der Waals surface area contributed by atoms with E-state index in [0.29, 0.717) is 0 Å². The summed E-state index contributed by atoms with van der Waals surface area (Å²) in [5.41, 5.74) is 1.23. The molecule has 0 fully saturated rings. The third-order valence-electron chi connectivity index (χ3n) is 4.13. The first-order valence-corrected chi connectivity index (χ1v) is 8.10. The molecule has 23 heavy (non-hydrogen) atoms. The van der Waals surface area contributed by atoms with Crippen LogP contribution in [-0.2, 0) is 6.42 Å². The van der Waals surface area contributed by atoms with E-state index < -0.39 is 0 Å². The van der Waals surface area contributed by atoms with Crippen molar-refractivity contribution in [2.45, 2.75) is 38.3 Å². The Labute approximate surface area is 137 Å². The molecule has 3 atom stereocenters. The molecule has 0 spiro atoms. The summed E-state index contributed by atoms with van der Waals surface area (Å²) in [6.45, 7) is 2.14. The van der Waals surface area contributed by atoms with Crippen LogP contribution in [0.15, 0.2) is 36.4 Å². The lowest BCUT2D eigenvalue weighted by atomic mass is 10.1. The number of rotatable bonds is 7. The first-order chi connectivity index (χ1) is 11.1. The summed E-state index contributed by atoms with van der Waals surface area (Å²) < 4.78 is 5.14. The zero-order chi connectivity index (χ0) is 16.7. The molecular weight excluding hydrogens is 292 g/mol. The van der Waals surface area contributed by atoms with Crippen molar-refractivity contribution in [3.63, 3.8) is 0 Å². The summed E-state index contributed by atoms with van der Waals surface area (Å²) in [5.74, 6) is 1.01. The van der Waals surface area contributed by atoms with Crippen molar-refractivity contribution in [2.75, 3.05) is 13.7 Å². The molecule has 1 aromatic carbocycles. The van der Waals surface area contributed by atoms with Crippen molar-refractivity contribution < 1.29 is 14.6 Å². The molecule has 1 aliphatic carbocycles. The molecule has 1 aromatic rings. The van der Waals surface area contributed by atoms with Gasteiger partial charge in [0.2, 0.25) is 0 Å². The van der Waals surface area contributed by atoms with E-state index in [1.54, 1.807) is 7.11 Å². The highest BCUT2D eigenvalue weighted by atomic mass is 16.5. The Morgan fingerprint density at radius 1 is 1.35 bits per heavy atom. The average Bonchev–Trinajstić information content (AvgIpc) is 3.00. The highest BCUT2D eigenvalue weighted by molar-refractivity contribution is 5.74. The number of aryl methyl sites for hydroxylation is 1. The van der Waals surface area contributed by atoms with Crippen LogP contribution in [0.1, 0.15) is 25.3 Å². The van der Waals surface area contributed by atoms with Crippen LogP contribution in [0.5, 0.6) is 5.75 Å². The third-order valence-corrected chi connectivity index (χ3v) is 4.13. The summed E-state index contributed by atoms with van der Waals surface area (Å²) in [7, 11) is 1.65. The predicted molar refractivity (Wildman–Crippen MR) is 90.6 cm³/mol. The van der Waals surface area contributed by atoms with Crippen LogP contribution in [0.25, 0.3) is 0 Å². The van der Waals surface area contributed by atoms with E-state index in [2.05, 4.69) is 10.6 Å². The summed E-state index contributed by atoms with van der Waals surface area (Å²) >= 11 is 0. The van der Waals surface area contributed by atoms with Crippen LogP contribution < -0.4 is 15.4 Å². The molecule has 0 bridgehead atoms. The highest BCUT2D eigenvalue weighted by Gasteiger charge is 2.20. The second kappa shape index (κ2) is 8.58. The van der Waals surface area contributed by atoms with Gasteiger partial charge >= 0.3 is 6.03 Å². The number of amides is 2. The summed E-state index contributed by atoms with van der Waals surface area (Å²) in [6, 6.07) is 7.94. The van der Waals surface area contributed by atoms with Crippen molar-refractivity contribution in [2.24, 2.45) is 5.92 Å². The van der Waals surface area contributed by atoms with E-state index in [4.69, 9.17) is 9.84 Å². The van der Waals surface area contributed by atoms with Crippen molar-refractivity contribution in [3.8, 4) is 5.75 Å². The standard InChI is InChI=1S/C18H26N2O3/c1-13(3-4-14-6-9-17(23-2)10-7-14)19-18(22)20-16-8-5-15(11-16)12-21/h5-10,13,15-16,21H,3-4,11-12H2,1-2H3,(H2,19,20,22)/t13?,15-,16+/m0/s1. The molecule has 3 N–H and O–H groups in total. The average molecular weight is 318 g/mol. The normalized spacial score (nSPS) is 21.0. The van der Waals surface area contributed by atoms with Gasteiger partial charge in [0.15, 0.2) is 0 Å². The van der Waals surface area contributed by atoms with Gasteiger partial charge in [-0.1, -0.05) is 24.3 Å². The maximum Gasteiger partial charge on any atom is 0.315 e. The topological polar surface area (TPSA) is 70.6 Å². The second-order valence-corrected chi connectivity index (χ2v) is 6.08. The third kappa shape index (κ3) is 5.60. The Hall–Kier alpha value is -2.01. The minimum absolute atomic E-state index is 0.0148. The van der Waals surface area contributed by atoms with E-state index in [1.807, 2.05) is 43.3 Å². The molecular formula is C18H26N2O3. The maximum absolute atomic E-state index is 12.0. The highest BCUT2D eigenvalue weighted by Crippen LogP contribution is 2.17. The summed E-state index contributed by atoms with van der Waals surface area (Å²) in [6.07, 6.45) is 6.45. The molecule has 1 aliphatic rings. The van der Waals surface area contributed by atoms with E-state index in [1.165, 1.54) is 5.56 Å². The number of hydrogen-bond acceptors (Lipinski definition) is 3. The monoisotopic (exact) mass is 318 g/mol. The van der Waals surface area contributed by atoms with Gasteiger partial charge in [-0.25, -0.2) is 4.79 Å². The van der Waals surface area contributed by atoms with Crippen LogP contribution in [0.2, 0.25) is 0 Å². The SMILES string of the molecule is COc1ccc(CCC(C)NC(=O)N[C@@H]2C=C[C@H](CO)C2)cc1. The lowest BCUT2D eigenvalue weighted by Gasteiger charge is -2.17. The number of carbonyl (C=O) groups excluding carboxylic acids is 1. The maximum atomic E-state index is 12.0. The fourth-order valence-electron chi connectivity index (χ4n) is 2.70. The van der Waals surface area contributed by atoms with E-state index in [0.717, 1.165) is 25.0 Å². The van der Waals surface area contributed by atoms with Crippen LogP contribution in [0.3, 0.4) is 0 Å². The van der Waals surface area contributed by atoms with Crippen molar-refractivity contribution in [3.05, 3.63) is 42.0 Å². The van der Waals surface area contributed by atoms with Crippen molar-refractivity contribution >= 4 is 6.03 Å². The van der Waals surface area contributed by atoms with Gasteiger partial charge in [0.25, 0.3) is 0 Å². The molecule has 2 amide bonds. The van der Waals surface area contributed by atoms with Crippen molar-refractivity contribution in [1.82, 2.24) is 10.6 Å². The fourth-order valence-corrected chi connectivity index (χ4v) is 2.70. The Bertz CT molecular complexity index is 528. The zero-order valence-electron chi connectivity index (χ0n) is 13.8. The molecule has 5 heteroatoms. The van der Waals surface area contributed by atoms with Crippen LogP contribution in [-0.4, -0.2) is 36.9 Å². The number of nitrogens with one attached hydrogen (secondary N) is 2. The van der Waals surface area contributed by atoms with E-state index in [9.17, 15) is 4.79 Å². The van der Waals surface area contributed by atoms with Gasteiger partial charge in [0, 0.05) is 24.6 Å². The smallest absolute Gasteiger partial charge is 0.315 e. The zero-order valence-corrected chi connectivity index (χ0v) is 13.8. The van der Waals surface area contributed by atoms with Gasteiger partial charge in [-0.05, 0) is 43.9 Å². The molecule has 2 rings (SSSR count). The minimum atomic E-state index is -0.152. The Morgan fingerprint density at radius 2 is 2.09 bits per heavy atom. The Balaban J connectivity index is 1.68. The minimum Gasteiger partial charge on any atom is -0.497 e. The van der Waals surface area contributed by atoms with E-state index >= 15 is 0 Å². The van der Waals surface area contributed by atoms with Gasteiger partial charge in [-0.3, -0.25) is 0 Å². The van der Waals surface area contributed by atoms with Gasteiger partial charge in [0.05, 0.1) is 7.11 Å². The predicted octanol–water partition coefficient (Wildman–Crippen LogP) is 2.25. The van der Waals surface area contributed by atoms with Gasteiger partial charge in [-0.15, -0.1) is 0 Å². The number of hydrogen-bond donors (Lipinski definition) is 3. The lowest BCUT2D eigenvalue weighted by Crippen LogP contribution is -2.44. The number of aliphatic hydroxyl groups is 1.